The van der Waals surface area contributed by atoms with Crippen molar-refractivity contribution in [3.63, 3.8) is 0 Å². The summed E-state index contributed by atoms with van der Waals surface area (Å²) in [6.45, 7) is 0. The van der Waals surface area contributed by atoms with Crippen molar-refractivity contribution < 1.29 is 19.7 Å². The first-order chi connectivity index (χ1) is 11.1. The quantitative estimate of drug-likeness (QED) is 0.832. The Balaban J connectivity index is 1.34. The number of hydrogen-bond donors (Lipinski definition) is 2. The molecule has 23 heavy (non-hydrogen) atoms. The Morgan fingerprint density at radius 1 is 1.17 bits per heavy atom. The van der Waals surface area contributed by atoms with Gasteiger partial charge in [0.15, 0.2) is 0 Å². The van der Waals surface area contributed by atoms with Gasteiger partial charge in [-0.3, -0.25) is 4.79 Å². The van der Waals surface area contributed by atoms with E-state index in [2.05, 4.69) is 24.3 Å². The van der Waals surface area contributed by atoms with Gasteiger partial charge in [0, 0.05) is 12.3 Å². The summed E-state index contributed by atoms with van der Waals surface area (Å²) in [5, 5.41) is 20.8. The molecule has 0 spiro atoms. The molecule has 4 heteroatoms. The fourth-order valence-corrected chi connectivity index (χ4v) is 4.85. The van der Waals surface area contributed by atoms with E-state index in [0.717, 1.165) is 19.3 Å². The molecule has 2 fully saturated rings. The Bertz CT molecular complexity index is 574. The van der Waals surface area contributed by atoms with Gasteiger partial charge in [-0.15, -0.1) is 0 Å². The Labute approximate surface area is 136 Å². The van der Waals surface area contributed by atoms with Crippen LogP contribution >= 0.6 is 0 Å². The van der Waals surface area contributed by atoms with Crippen molar-refractivity contribution in [2.75, 3.05) is 0 Å². The highest BCUT2D eigenvalue weighted by atomic mass is 16.6. The molecule has 2 aliphatic carbocycles. The van der Waals surface area contributed by atoms with E-state index in [9.17, 15) is 15.0 Å². The van der Waals surface area contributed by atoms with Gasteiger partial charge in [0.2, 0.25) is 0 Å². The zero-order valence-corrected chi connectivity index (χ0v) is 13.2. The number of esters is 1. The SMILES string of the molecule is O=C1C[C@@H]2[C@@H](CC[C@@H](O)C3Cc4ccccc4C3)[C@H](O)C[C@@H]2O1. The highest BCUT2D eigenvalue weighted by Gasteiger charge is 2.49. The lowest BCUT2D eigenvalue weighted by Gasteiger charge is -2.23. The van der Waals surface area contributed by atoms with Crippen molar-refractivity contribution in [2.45, 2.75) is 56.8 Å². The average molecular weight is 316 g/mol. The largest absolute Gasteiger partial charge is 0.462 e. The lowest BCUT2D eigenvalue weighted by Crippen LogP contribution is -2.26. The minimum Gasteiger partial charge on any atom is -0.462 e. The number of carbonyl (C=O) groups is 1. The minimum atomic E-state index is -0.397. The van der Waals surface area contributed by atoms with Crippen LogP contribution in [0.25, 0.3) is 0 Å². The van der Waals surface area contributed by atoms with Crippen molar-refractivity contribution in [1.82, 2.24) is 0 Å². The Hall–Kier alpha value is -1.39. The van der Waals surface area contributed by atoms with Crippen molar-refractivity contribution in [2.24, 2.45) is 17.8 Å². The highest BCUT2D eigenvalue weighted by molar-refractivity contribution is 5.72. The zero-order chi connectivity index (χ0) is 16.0. The van der Waals surface area contributed by atoms with Gasteiger partial charge in [-0.2, -0.15) is 0 Å². The van der Waals surface area contributed by atoms with Gasteiger partial charge in [0.1, 0.15) is 6.10 Å². The smallest absolute Gasteiger partial charge is 0.306 e. The molecule has 5 atom stereocenters. The fraction of sp³-hybridized carbons (Fsp3) is 0.632. The minimum absolute atomic E-state index is 0.0879. The first-order valence-electron chi connectivity index (χ1n) is 8.74. The molecule has 0 bridgehead atoms. The van der Waals surface area contributed by atoms with Crippen LogP contribution in [-0.4, -0.2) is 34.5 Å². The van der Waals surface area contributed by atoms with Crippen molar-refractivity contribution in [1.29, 1.82) is 0 Å². The molecule has 1 saturated carbocycles. The van der Waals surface area contributed by atoms with Gasteiger partial charge in [-0.25, -0.2) is 0 Å². The predicted molar refractivity (Wildman–Crippen MR) is 84.7 cm³/mol. The van der Waals surface area contributed by atoms with E-state index >= 15 is 0 Å². The number of carbonyl (C=O) groups excluding carboxylic acids is 1. The van der Waals surface area contributed by atoms with E-state index in [1.54, 1.807) is 0 Å². The van der Waals surface area contributed by atoms with Gasteiger partial charge in [-0.1, -0.05) is 24.3 Å². The molecule has 0 amide bonds. The van der Waals surface area contributed by atoms with Crippen LogP contribution in [0, 0.1) is 17.8 Å². The number of benzene rings is 1. The molecule has 1 heterocycles. The molecule has 2 N–H and O–H groups in total. The van der Waals surface area contributed by atoms with E-state index in [1.165, 1.54) is 11.1 Å². The maximum Gasteiger partial charge on any atom is 0.306 e. The summed E-state index contributed by atoms with van der Waals surface area (Å²) in [7, 11) is 0. The van der Waals surface area contributed by atoms with Crippen LogP contribution in [0.1, 0.15) is 36.8 Å². The van der Waals surface area contributed by atoms with Crippen molar-refractivity contribution >= 4 is 5.97 Å². The fourth-order valence-electron chi connectivity index (χ4n) is 4.85. The van der Waals surface area contributed by atoms with Crippen LogP contribution in [0.2, 0.25) is 0 Å². The summed E-state index contributed by atoms with van der Waals surface area (Å²) in [6.07, 6.45) is 3.50. The van der Waals surface area contributed by atoms with Crippen LogP contribution in [-0.2, 0) is 22.4 Å². The molecule has 1 aromatic carbocycles. The number of rotatable bonds is 4. The Kier molecular flexibility index (Phi) is 3.90. The number of fused-ring (bicyclic) bond motifs is 2. The normalized spacial score (nSPS) is 34.3. The molecule has 0 unspecified atom stereocenters. The van der Waals surface area contributed by atoms with Crippen LogP contribution in [0.4, 0.5) is 0 Å². The zero-order valence-electron chi connectivity index (χ0n) is 13.2. The summed E-state index contributed by atoms with van der Waals surface area (Å²) in [4.78, 5) is 11.4. The second-order valence-corrected chi connectivity index (χ2v) is 7.44. The summed E-state index contributed by atoms with van der Waals surface area (Å²) >= 11 is 0. The first-order valence-corrected chi connectivity index (χ1v) is 8.74. The Morgan fingerprint density at radius 2 is 1.87 bits per heavy atom. The second-order valence-electron chi connectivity index (χ2n) is 7.44. The van der Waals surface area contributed by atoms with Crippen LogP contribution in [0.15, 0.2) is 24.3 Å². The summed E-state index contributed by atoms with van der Waals surface area (Å²) < 4.78 is 5.27. The number of ether oxygens (including phenoxy) is 1. The maximum absolute atomic E-state index is 11.4. The van der Waals surface area contributed by atoms with E-state index in [1.807, 2.05) is 0 Å². The molecule has 0 radical (unpaired) electrons. The first kappa shape index (κ1) is 15.2. The summed E-state index contributed by atoms with van der Waals surface area (Å²) in [6, 6.07) is 8.41. The number of aliphatic hydroxyl groups excluding tert-OH is 2. The molecule has 1 saturated heterocycles. The number of aliphatic hydroxyl groups is 2. The third-order valence-electron chi connectivity index (χ3n) is 6.10. The van der Waals surface area contributed by atoms with Crippen molar-refractivity contribution in [3.8, 4) is 0 Å². The molecule has 1 aromatic rings. The van der Waals surface area contributed by atoms with Gasteiger partial charge in [0.05, 0.1) is 18.6 Å². The second kappa shape index (κ2) is 5.91. The van der Waals surface area contributed by atoms with Gasteiger partial charge in [0.25, 0.3) is 0 Å². The summed E-state index contributed by atoms with van der Waals surface area (Å²) in [5.41, 5.74) is 2.71. The van der Waals surface area contributed by atoms with Crippen LogP contribution < -0.4 is 0 Å². The standard InChI is InChI=1S/C19H24O4/c20-16(13-7-11-3-1-2-4-12(11)8-13)6-5-14-15-9-19(22)23-18(15)10-17(14)21/h1-4,13-18,20-21H,5-10H2/t14-,15-,16-,17-,18+/m1/s1. The van der Waals surface area contributed by atoms with E-state index in [-0.39, 0.29) is 35.9 Å². The predicted octanol–water partition coefficient (Wildman–Crippen LogP) is 1.85. The molecular formula is C19H24O4. The third-order valence-corrected chi connectivity index (χ3v) is 6.10. The van der Waals surface area contributed by atoms with E-state index < -0.39 is 6.10 Å². The topological polar surface area (TPSA) is 66.8 Å². The lowest BCUT2D eigenvalue weighted by atomic mass is 9.85. The van der Waals surface area contributed by atoms with E-state index in [0.29, 0.717) is 19.3 Å². The lowest BCUT2D eigenvalue weighted by molar-refractivity contribution is -0.141. The van der Waals surface area contributed by atoms with Gasteiger partial charge < -0.3 is 14.9 Å². The van der Waals surface area contributed by atoms with Crippen molar-refractivity contribution in [3.05, 3.63) is 35.4 Å². The van der Waals surface area contributed by atoms with Crippen LogP contribution in [0.3, 0.4) is 0 Å². The molecule has 4 nitrogen and oxygen atoms in total. The van der Waals surface area contributed by atoms with E-state index in [4.69, 9.17) is 4.74 Å². The van der Waals surface area contributed by atoms with Gasteiger partial charge >= 0.3 is 5.97 Å². The summed E-state index contributed by atoms with van der Waals surface area (Å²) in [5.74, 6) is 0.377. The molecule has 4 rings (SSSR count). The average Bonchev–Trinajstić information content (AvgIpc) is 3.17. The Morgan fingerprint density at radius 3 is 2.57 bits per heavy atom. The molecule has 1 aliphatic heterocycles. The molecule has 3 aliphatic rings. The maximum atomic E-state index is 11.4. The van der Waals surface area contributed by atoms with Crippen LogP contribution in [0.5, 0.6) is 0 Å². The monoisotopic (exact) mass is 316 g/mol. The molecule has 124 valence electrons. The third kappa shape index (κ3) is 2.79. The molecule has 0 aromatic heterocycles. The van der Waals surface area contributed by atoms with Gasteiger partial charge in [-0.05, 0) is 48.6 Å². The highest BCUT2D eigenvalue weighted by Crippen LogP contribution is 2.44. The number of hydrogen-bond acceptors (Lipinski definition) is 4. The molecular weight excluding hydrogens is 292 g/mol.